The number of pyridine rings is 1. The minimum absolute atomic E-state index is 0.244. The molecule has 4 aromatic rings. The maximum absolute atomic E-state index is 15.0. The third-order valence-corrected chi connectivity index (χ3v) is 3.66. The summed E-state index contributed by atoms with van der Waals surface area (Å²) >= 11 is 0. The number of nitrogens with zero attached hydrogens (tertiary/aromatic N) is 2. The van der Waals surface area contributed by atoms with E-state index < -0.39 is 5.82 Å². The molecular formula is C18H9FN2O. The van der Waals surface area contributed by atoms with Crippen LogP contribution < -0.4 is 0 Å². The zero-order valence-electron chi connectivity index (χ0n) is 11.4. The van der Waals surface area contributed by atoms with E-state index in [0.29, 0.717) is 27.6 Å². The number of fused-ring (bicyclic) bond motifs is 3. The lowest BCUT2D eigenvalue weighted by Gasteiger charge is -2.05. The Morgan fingerprint density at radius 1 is 1.09 bits per heavy atom. The molecule has 2 heterocycles. The minimum atomic E-state index is -0.396. The molecular weight excluding hydrogens is 279 g/mol. The zero-order chi connectivity index (χ0) is 15.1. The summed E-state index contributed by atoms with van der Waals surface area (Å²) in [5, 5.41) is 10.3. The van der Waals surface area contributed by atoms with Crippen molar-refractivity contribution in [3.63, 3.8) is 0 Å². The van der Waals surface area contributed by atoms with Gasteiger partial charge in [0.25, 0.3) is 0 Å². The van der Waals surface area contributed by atoms with Gasteiger partial charge in [0.1, 0.15) is 11.9 Å². The fourth-order valence-electron chi connectivity index (χ4n) is 2.66. The molecule has 0 aliphatic carbocycles. The van der Waals surface area contributed by atoms with Crippen LogP contribution in [0.2, 0.25) is 0 Å². The molecule has 3 nitrogen and oxygen atoms in total. The molecule has 0 radical (unpaired) electrons. The summed E-state index contributed by atoms with van der Waals surface area (Å²) in [7, 11) is 0. The monoisotopic (exact) mass is 288 g/mol. The predicted octanol–water partition coefficient (Wildman–Crippen LogP) is 4.66. The molecule has 0 N–H and O–H groups in total. The number of hydrogen-bond donors (Lipinski definition) is 0. The fraction of sp³-hybridized carbons (Fsp3) is 0. The lowest BCUT2D eigenvalue weighted by atomic mass is 9.99. The third-order valence-electron chi connectivity index (χ3n) is 3.66. The molecule has 0 amide bonds. The van der Waals surface area contributed by atoms with Gasteiger partial charge in [-0.2, -0.15) is 5.26 Å². The van der Waals surface area contributed by atoms with Crippen LogP contribution in [0.15, 0.2) is 59.1 Å². The van der Waals surface area contributed by atoms with E-state index in [1.165, 1.54) is 6.07 Å². The Morgan fingerprint density at radius 3 is 2.68 bits per heavy atom. The first-order valence-electron chi connectivity index (χ1n) is 6.75. The van der Waals surface area contributed by atoms with Crippen molar-refractivity contribution >= 4 is 22.1 Å². The van der Waals surface area contributed by atoms with Gasteiger partial charge < -0.3 is 4.42 Å². The lowest BCUT2D eigenvalue weighted by molar-refractivity contribution is 0.632. The minimum Gasteiger partial charge on any atom is -0.436 e. The molecule has 0 saturated heterocycles. The number of nitriles is 1. The van der Waals surface area contributed by atoms with Crippen LogP contribution in [0.5, 0.6) is 0 Å². The normalized spacial score (nSPS) is 10.9. The average molecular weight is 288 g/mol. The van der Waals surface area contributed by atoms with Crippen molar-refractivity contribution in [3.8, 4) is 17.2 Å². The van der Waals surface area contributed by atoms with Gasteiger partial charge in [-0.05, 0) is 23.8 Å². The molecule has 0 atom stereocenters. The van der Waals surface area contributed by atoms with Crippen LogP contribution in [0.3, 0.4) is 0 Å². The highest BCUT2D eigenvalue weighted by Gasteiger charge is 2.20. The van der Waals surface area contributed by atoms with Crippen LogP contribution in [0.1, 0.15) is 5.56 Å². The van der Waals surface area contributed by atoms with Crippen molar-refractivity contribution in [1.29, 1.82) is 5.26 Å². The lowest BCUT2D eigenvalue weighted by Crippen LogP contribution is -1.89. The molecule has 2 aromatic carbocycles. The van der Waals surface area contributed by atoms with Gasteiger partial charge >= 0.3 is 0 Å². The number of rotatable bonds is 1. The van der Waals surface area contributed by atoms with Gasteiger partial charge in [0.2, 0.25) is 5.71 Å². The number of furan rings is 1. The summed E-state index contributed by atoms with van der Waals surface area (Å²) in [6, 6.07) is 16.2. The zero-order valence-corrected chi connectivity index (χ0v) is 11.4. The number of aromatic nitrogens is 1. The number of benzene rings is 2. The van der Waals surface area contributed by atoms with Crippen molar-refractivity contribution in [3.05, 3.63) is 66.1 Å². The van der Waals surface area contributed by atoms with Gasteiger partial charge in [0.15, 0.2) is 5.58 Å². The third kappa shape index (κ3) is 1.69. The van der Waals surface area contributed by atoms with Gasteiger partial charge in [-0.25, -0.2) is 9.37 Å². The molecule has 0 aliphatic rings. The first-order valence-corrected chi connectivity index (χ1v) is 6.75. The number of hydrogen-bond acceptors (Lipinski definition) is 3. The molecule has 2 aromatic heterocycles. The Hall–Kier alpha value is -3.19. The van der Waals surface area contributed by atoms with E-state index in [-0.39, 0.29) is 5.58 Å². The van der Waals surface area contributed by atoms with Crippen LogP contribution in [0.4, 0.5) is 4.39 Å². The van der Waals surface area contributed by atoms with Crippen LogP contribution in [-0.2, 0) is 0 Å². The molecule has 4 rings (SSSR count). The van der Waals surface area contributed by atoms with Crippen LogP contribution in [-0.4, -0.2) is 4.98 Å². The van der Waals surface area contributed by atoms with E-state index in [2.05, 4.69) is 11.1 Å². The van der Waals surface area contributed by atoms with Gasteiger partial charge in [-0.1, -0.05) is 30.3 Å². The van der Waals surface area contributed by atoms with E-state index in [4.69, 9.17) is 4.42 Å². The first kappa shape index (κ1) is 12.5. The maximum Gasteiger partial charge on any atom is 0.227 e. The van der Waals surface area contributed by atoms with E-state index in [0.717, 1.165) is 5.56 Å². The highest BCUT2D eigenvalue weighted by atomic mass is 19.1. The molecule has 0 spiro atoms. The Labute approximate surface area is 125 Å². The Kier molecular flexibility index (Phi) is 2.67. The molecule has 4 heteroatoms. The first-order chi connectivity index (χ1) is 10.8. The summed E-state index contributed by atoms with van der Waals surface area (Å²) in [4.78, 5) is 4.09. The van der Waals surface area contributed by atoms with E-state index in [1.807, 2.05) is 30.3 Å². The maximum atomic E-state index is 15.0. The van der Waals surface area contributed by atoms with E-state index in [9.17, 15) is 5.26 Å². The van der Waals surface area contributed by atoms with Crippen molar-refractivity contribution in [1.82, 2.24) is 4.98 Å². The second-order valence-corrected chi connectivity index (χ2v) is 4.93. The molecule has 22 heavy (non-hydrogen) atoms. The van der Waals surface area contributed by atoms with Crippen LogP contribution in [0.25, 0.3) is 33.2 Å². The summed E-state index contributed by atoms with van der Waals surface area (Å²) < 4.78 is 20.6. The van der Waals surface area contributed by atoms with Crippen molar-refractivity contribution in [2.24, 2.45) is 0 Å². The largest absolute Gasteiger partial charge is 0.436 e. The van der Waals surface area contributed by atoms with Gasteiger partial charge in [-0.15, -0.1) is 0 Å². The summed E-state index contributed by atoms with van der Waals surface area (Å²) in [5.74, 6) is -0.396. The predicted molar refractivity (Wildman–Crippen MR) is 81.6 cm³/mol. The molecule has 0 fully saturated rings. The van der Waals surface area contributed by atoms with Crippen molar-refractivity contribution < 1.29 is 8.81 Å². The molecule has 0 aliphatic heterocycles. The quantitative estimate of drug-likeness (QED) is 0.512. The standard InChI is InChI=1S/C18H9FN2O/c19-16-14(11-5-2-1-3-6-11)9-12(10-20)17-15(16)13-7-4-8-21-18(13)22-17/h1-9H. The SMILES string of the molecule is N#Cc1cc(-c2ccccc2)c(F)c2c1oc1ncccc12. The molecule has 0 saturated carbocycles. The smallest absolute Gasteiger partial charge is 0.227 e. The fourth-order valence-corrected chi connectivity index (χ4v) is 2.66. The number of halogens is 1. The Bertz CT molecular complexity index is 1050. The summed E-state index contributed by atoms with van der Waals surface area (Å²) in [6.07, 6.45) is 1.58. The van der Waals surface area contributed by atoms with E-state index in [1.54, 1.807) is 18.3 Å². The molecule has 104 valence electrons. The van der Waals surface area contributed by atoms with Gasteiger partial charge in [0.05, 0.1) is 16.3 Å². The Balaban J connectivity index is 2.19. The van der Waals surface area contributed by atoms with Gasteiger partial charge in [0, 0.05) is 11.8 Å². The highest BCUT2D eigenvalue weighted by Crippen LogP contribution is 2.37. The second-order valence-electron chi connectivity index (χ2n) is 4.93. The van der Waals surface area contributed by atoms with Crippen LogP contribution >= 0.6 is 0 Å². The second kappa shape index (κ2) is 4.68. The van der Waals surface area contributed by atoms with Crippen molar-refractivity contribution in [2.75, 3.05) is 0 Å². The molecule has 0 bridgehead atoms. The average Bonchev–Trinajstić information content (AvgIpc) is 2.96. The summed E-state index contributed by atoms with van der Waals surface area (Å²) in [6.45, 7) is 0. The van der Waals surface area contributed by atoms with E-state index >= 15 is 4.39 Å². The molecule has 0 unspecified atom stereocenters. The van der Waals surface area contributed by atoms with Gasteiger partial charge in [-0.3, -0.25) is 0 Å². The Morgan fingerprint density at radius 2 is 1.91 bits per heavy atom. The van der Waals surface area contributed by atoms with Crippen molar-refractivity contribution in [2.45, 2.75) is 0 Å². The van der Waals surface area contributed by atoms with Crippen LogP contribution in [0, 0.1) is 17.1 Å². The summed E-state index contributed by atoms with van der Waals surface area (Å²) in [5.41, 5.74) is 1.98. The topological polar surface area (TPSA) is 49.8 Å². The highest BCUT2D eigenvalue weighted by molar-refractivity contribution is 6.07.